The first-order chi connectivity index (χ1) is 13.8. The first-order valence-corrected chi connectivity index (χ1v) is 10.1. The quantitative estimate of drug-likeness (QED) is 0.619. The van der Waals surface area contributed by atoms with Crippen molar-refractivity contribution < 1.29 is 9.53 Å². The Bertz CT molecular complexity index is 987. The van der Waals surface area contributed by atoms with Crippen molar-refractivity contribution >= 4 is 40.6 Å². The second kappa shape index (κ2) is 10.4. The number of halogens is 2. The zero-order valence-electron chi connectivity index (χ0n) is 16.3. The van der Waals surface area contributed by atoms with E-state index in [4.69, 9.17) is 33.7 Å². The number of hydrogen-bond acceptors (Lipinski definition) is 5. The minimum absolute atomic E-state index is 0.0430. The van der Waals surface area contributed by atoms with Crippen molar-refractivity contribution in [1.82, 2.24) is 9.55 Å². The largest absolute Gasteiger partial charge is 0.482 e. The third kappa shape index (κ3) is 5.55. The van der Waals surface area contributed by atoms with Crippen LogP contribution in [-0.2, 0) is 11.3 Å². The lowest BCUT2D eigenvalue weighted by Crippen LogP contribution is -2.43. The number of aromatic amines is 1. The number of nitrogens with zero attached hydrogens (tertiary/aromatic N) is 2. The molecule has 0 atom stereocenters. The maximum absolute atomic E-state index is 12.8. The number of nitrogens with one attached hydrogen (secondary N) is 1. The molecule has 1 amide bonds. The normalized spacial score (nSPS) is 10.8. The summed E-state index contributed by atoms with van der Waals surface area (Å²) in [5, 5.41) is 0.702. The molecule has 0 spiro atoms. The standard InChI is InChI=1S/C19H24Cl2N4O4/c1-3-5-9-25-17(22)16(18(27)23-19(25)28)24(8-4-2)15(26)11-29-14-7-6-12(20)10-13(14)21/h6-7,10H,3-5,8-9,11,22H2,1-2H3,(H,23,27,28). The number of rotatable bonds is 9. The number of amides is 1. The van der Waals surface area contributed by atoms with Gasteiger partial charge in [-0.05, 0) is 31.0 Å². The molecule has 0 bridgehead atoms. The highest BCUT2D eigenvalue weighted by Gasteiger charge is 2.24. The Morgan fingerprint density at radius 3 is 2.59 bits per heavy atom. The van der Waals surface area contributed by atoms with Gasteiger partial charge in [-0.1, -0.05) is 43.5 Å². The average Bonchev–Trinajstić information content (AvgIpc) is 2.66. The summed E-state index contributed by atoms with van der Waals surface area (Å²) < 4.78 is 6.77. The SMILES string of the molecule is CCCCn1c(N)c(N(CCC)C(=O)COc2ccc(Cl)cc2Cl)c(=O)[nH]c1=O. The first-order valence-electron chi connectivity index (χ1n) is 9.30. The molecule has 0 aliphatic rings. The van der Waals surface area contributed by atoms with Gasteiger partial charge < -0.3 is 15.4 Å². The van der Waals surface area contributed by atoms with Crippen LogP contribution in [0.2, 0.25) is 10.0 Å². The lowest BCUT2D eigenvalue weighted by molar-refractivity contribution is -0.120. The van der Waals surface area contributed by atoms with Gasteiger partial charge in [-0.15, -0.1) is 0 Å². The van der Waals surface area contributed by atoms with Crippen LogP contribution in [0.3, 0.4) is 0 Å². The Morgan fingerprint density at radius 1 is 1.24 bits per heavy atom. The molecule has 0 aliphatic heterocycles. The van der Waals surface area contributed by atoms with E-state index in [1.165, 1.54) is 15.5 Å². The predicted octanol–water partition coefficient (Wildman–Crippen LogP) is 3.05. The molecule has 29 heavy (non-hydrogen) atoms. The van der Waals surface area contributed by atoms with Crippen LogP contribution in [0.5, 0.6) is 5.75 Å². The summed E-state index contributed by atoms with van der Waals surface area (Å²) in [5.74, 6) is -0.245. The summed E-state index contributed by atoms with van der Waals surface area (Å²) >= 11 is 11.9. The molecule has 158 valence electrons. The third-order valence-corrected chi connectivity index (χ3v) is 4.74. The van der Waals surface area contributed by atoms with E-state index in [2.05, 4.69) is 4.98 Å². The van der Waals surface area contributed by atoms with E-state index in [0.717, 1.165) is 6.42 Å². The van der Waals surface area contributed by atoms with Crippen LogP contribution in [0, 0.1) is 0 Å². The van der Waals surface area contributed by atoms with Crippen LogP contribution in [0.15, 0.2) is 27.8 Å². The zero-order chi connectivity index (χ0) is 21.6. The van der Waals surface area contributed by atoms with E-state index >= 15 is 0 Å². The summed E-state index contributed by atoms with van der Waals surface area (Å²) in [6, 6.07) is 4.64. The average molecular weight is 443 g/mol. The predicted molar refractivity (Wildman–Crippen MR) is 115 cm³/mol. The number of ether oxygens (including phenoxy) is 1. The van der Waals surface area contributed by atoms with Gasteiger partial charge in [0, 0.05) is 18.1 Å². The number of nitrogens with two attached hydrogens (primary N) is 1. The van der Waals surface area contributed by atoms with Gasteiger partial charge in [0.15, 0.2) is 12.3 Å². The van der Waals surface area contributed by atoms with Gasteiger partial charge in [0.25, 0.3) is 11.5 Å². The number of nitrogen functional groups attached to an aromatic ring is 1. The van der Waals surface area contributed by atoms with E-state index in [9.17, 15) is 14.4 Å². The van der Waals surface area contributed by atoms with Gasteiger partial charge in [0.2, 0.25) is 0 Å². The van der Waals surface area contributed by atoms with Gasteiger partial charge >= 0.3 is 5.69 Å². The topological polar surface area (TPSA) is 110 Å². The van der Waals surface area contributed by atoms with Gasteiger partial charge in [-0.3, -0.25) is 19.1 Å². The van der Waals surface area contributed by atoms with Crippen molar-refractivity contribution in [2.75, 3.05) is 23.8 Å². The summed E-state index contributed by atoms with van der Waals surface area (Å²) in [4.78, 5) is 40.9. The molecular weight excluding hydrogens is 419 g/mol. The first kappa shape index (κ1) is 22.8. The number of aromatic nitrogens is 2. The smallest absolute Gasteiger partial charge is 0.330 e. The molecule has 1 aromatic heterocycles. The van der Waals surface area contributed by atoms with Crippen molar-refractivity contribution in [1.29, 1.82) is 0 Å². The van der Waals surface area contributed by atoms with E-state index in [-0.39, 0.29) is 35.4 Å². The fourth-order valence-corrected chi connectivity index (χ4v) is 3.23. The number of carbonyl (C=O) groups excluding carboxylic acids is 1. The van der Waals surface area contributed by atoms with Crippen molar-refractivity contribution in [2.24, 2.45) is 0 Å². The van der Waals surface area contributed by atoms with Crippen LogP contribution in [-0.4, -0.2) is 28.6 Å². The van der Waals surface area contributed by atoms with E-state index in [1.54, 1.807) is 12.1 Å². The molecule has 0 saturated carbocycles. The number of unbranched alkanes of at least 4 members (excludes halogenated alkanes) is 1. The molecule has 1 heterocycles. The minimum Gasteiger partial charge on any atom is -0.482 e. The van der Waals surface area contributed by atoms with Crippen LogP contribution >= 0.6 is 23.2 Å². The molecule has 10 heteroatoms. The second-order valence-electron chi connectivity index (χ2n) is 6.41. The van der Waals surface area contributed by atoms with Crippen molar-refractivity contribution in [3.05, 3.63) is 49.1 Å². The molecule has 0 aliphatic carbocycles. The van der Waals surface area contributed by atoms with Crippen molar-refractivity contribution in [3.63, 3.8) is 0 Å². The highest BCUT2D eigenvalue weighted by molar-refractivity contribution is 6.35. The van der Waals surface area contributed by atoms with E-state index < -0.39 is 17.2 Å². The van der Waals surface area contributed by atoms with E-state index in [1.807, 2.05) is 13.8 Å². The third-order valence-electron chi connectivity index (χ3n) is 4.21. The van der Waals surface area contributed by atoms with Gasteiger partial charge in [-0.2, -0.15) is 0 Å². The molecular formula is C19H24Cl2N4O4. The highest BCUT2D eigenvalue weighted by atomic mass is 35.5. The van der Waals surface area contributed by atoms with Gasteiger partial charge in [-0.25, -0.2) is 4.79 Å². The van der Waals surface area contributed by atoms with Gasteiger partial charge in [0.05, 0.1) is 5.02 Å². The van der Waals surface area contributed by atoms with Crippen molar-refractivity contribution in [2.45, 2.75) is 39.7 Å². The van der Waals surface area contributed by atoms with Crippen LogP contribution in [0.25, 0.3) is 0 Å². The summed E-state index contributed by atoms with van der Waals surface area (Å²) in [6.07, 6.45) is 2.11. The number of anilines is 2. The Labute approximate surface area is 178 Å². The molecule has 2 rings (SSSR count). The fraction of sp³-hybridized carbons (Fsp3) is 0.421. The molecule has 1 aromatic carbocycles. The lowest BCUT2D eigenvalue weighted by atomic mass is 10.3. The Balaban J connectivity index is 2.33. The maximum Gasteiger partial charge on any atom is 0.330 e. The molecule has 0 saturated heterocycles. The zero-order valence-corrected chi connectivity index (χ0v) is 17.8. The molecule has 0 radical (unpaired) electrons. The van der Waals surface area contributed by atoms with E-state index in [0.29, 0.717) is 24.4 Å². The lowest BCUT2D eigenvalue weighted by Gasteiger charge is -2.24. The summed E-state index contributed by atoms with van der Waals surface area (Å²) in [7, 11) is 0. The molecule has 2 aromatic rings. The molecule has 0 unspecified atom stereocenters. The maximum atomic E-state index is 12.8. The highest BCUT2D eigenvalue weighted by Crippen LogP contribution is 2.27. The number of hydrogen-bond donors (Lipinski definition) is 2. The van der Waals surface area contributed by atoms with Crippen LogP contribution < -0.4 is 26.6 Å². The molecule has 8 nitrogen and oxygen atoms in total. The fourth-order valence-electron chi connectivity index (χ4n) is 2.77. The molecule has 0 fully saturated rings. The second-order valence-corrected chi connectivity index (χ2v) is 7.25. The van der Waals surface area contributed by atoms with Crippen molar-refractivity contribution in [3.8, 4) is 5.75 Å². The van der Waals surface area contributed by atoms with Gasteiger partial charge in [0.1, 0.15) is 11.6 Å². The summed E-state index contributed by atoms with van der Waals surface area (Å²) in [5.41, 5.74) is 4.74. The number of benzene rings is 1. The Morgan fingerprint density at radius 2 is 1.97 bits per heavy atom. The number of carbonyl (C=O) groups is 1. The number of H-pyrrole nitrogens is 1. The Hall–Kier alpha value is -2.45. The van der Waals surface area contributed by atoms with Crippen LogP contribution in [0.1, 0.15) is 33.1 Å². The summed E-state index contributed by atoms with van der Waals surface area (Å²) in [6.45, 7) is 4.04. The molecule has 3 N–H and O–H groups in total. The van der Waals surface area contributed by atoms with Crippen LogP contribution in [0.4, 0.5) is 11.5 Å². The minimum atomic E-state index is -0.716. The Kier molecular flexibility index (Phi) is 8.16. The monoisotopic (exact) mass is 442 g/mol.